The summed E-state index contributed by atoms with van der Waals surface area (Å²) < 4.78 is 5.45. The number of hydrogen-bond acceptors (Lipinski definition) is 5. The Hall–Kier alpha value is -3.28. The third kappa shape index (κ3) is 2.16. The van der Waals surface area contributed by atoms with Gasteiger partial charge in [0.25, 0.3) is 5.91 Å². The fraction of sp³-hybridized carbons (Fsp3) is 0. The van der Waals surface area contributed by atoms with Crippen molar-refractivity contribution in [3.63, 3.8) is 0 Å². The van der Waals surface area contributed by atoms with Crippen LogP contribution >= 0.6 is 0 Å². The fourth-order valence-electron chi connectivity index (χ4n) is 2.19. The van der Waals surface area contributed by atoms with E-state index in [2.05, 4.69) is 0 Å². The Morgan fingerprint density at radius 2 is 1.91 bits per heavy atom. The summed E-state index contributed by atoms with van der Waals surface area (Å²) in [6, 6.07) is 8.66. The first kappa shape index (κ1) is 13.7. The van der Waals surface area contributed by atoms with Gasteiger partial charge in [0.1, 0.15) is 0 Å². The van der Waals surface area contributed by atoms with Gasteiger partial charge in [0.15, 0.2) is 23.0 Å². The molecule has 0 atom stereocenters. The molecule has 2 aromatic carbocycles. The number of benzene rings is 2. The quantitative estimate of drug-likeness (QED) is 0.578. The standard InChI is InChI=1S/C16H11NO5/c17-16(21)10-3-1-2-9-14(20)13(22-15(9)10)7-8-4-5-11(18)12(19)6-8/h1-7,18-19H,(H2,17,21)/b13-7-. The number of carbonyl (C=O) groups is 2. The van der Waals surface area contributed by atoms with Crippen molar-refractivity contribution in [3.05, 3.63) is 58.8 Å². The number of ether oxygens (including phenoxy) is 1. The zero-order valence-corrected chi connectivity index (χ0v) is 11.2. The van der Waals surface area contributed by atoms with Gasteiger partial charge in [-0.1, -0.05) is 12.1 Å². The molecule has 1 aliphatic rings. The van der Waals surface area contributed by atoms with Gasteiger partial charge in [0, 0.05) is 0 Å². The molecule has 6 nitrogen and oxygen atoms in total. The topological polar surface area (TPSA) is 110 Å². The van der Waals surface area contributed by atoms with Gasteiger partial charge >= 0.3 is 0 Å². The molecule has 0 spiro atoms. The average Bonchev–Trinajstić information content (AvgIpc) is 2.79. The normalized spacial score (nSPS) is 14.7. The lowest BCUT2D eigenvalue weighted by atomic mass is 10.1. The number of phenolic OH excluding ortho intramolecular Hbond substituents is 2. The summed E-state index contributed by atoms with van der Waals surface area (Å²) in [5, 5.41) is 18.7. The van der Waals surface area contributed by atoms with Gasteiger partial charge < -0.3 is 20.7 Å². The minimum Gasteiger partial charge on any atom is -0.504 e. The minimum atomic E-state index is -0.687. The van der Waals surface area contributed by atoms with E-state index in [0.29, 0.717) is 5.56 Å². The van der Waals surface area contributed by atoms with Crippen molar-refractivity contribution in [3.8, 4) is 17.2 Å². The number of hydrogen-bond donors (Lipinski definition) is 3. The maximum atomic E-state index is 12.3. The lowest BCUT2D eigenvalue weighted by Crippen LogP contribution is -2.11. The van der Waals surface area contributed by atoms with Gasteiger partial charge in [-0.25, -0.2) is 0 Å². The zero-order valence-electron chi connectivity index (χ0n) is 11.2. The number of nitrogens with two attached hydrogens (primary N) is 1. The molecule has 2 aromatic rings. The van der Waals surface area contributed by atoms with E-state index < -0.39 is 5.91 Å². The van der Waals surface area contributed by atoms with Crippen molar-refractivity contribution in [1.82, 2.24) is 0 Å². The van der Waals surface area contributed by atoms with Crippen LogP contribution in [-0.2, 0) is 0 Å². The van der Waals surface area contributed by atoms with Crippen LogP contribution in [0.1, 0.15) is 26.3 Å². The number of rotatable bonds is 2. The lowest BCUT2D eigenvalue weighted by Gasteiger charge is -2.03. The molecule has 1 amide bonds. The first-order chi connectivity index (χ1) is 10.5. The minimum absolute atomic E-state index is 0.00814. The number of carbonyl (C=O) groups excluding carboxylic acids is 2. The summed E-state index contributed by atoms with van der Waals surface area (Å²) >= 11 is 0. The van der Waals surface area contributed by atoms with Crippen LogP contribution in [-0.4, -0.2) is 21.9 Å². The SMILES string of the molecule is NC(=O)c1cccc2c1O/C(=C\c1ccc(O)c(O)c1)C2=O. The summed E-state index contributed by atoms with van der Waals surface area (Å²) in [7, 11) is 0. The van der Waals surface area contributed by atoms with Crippen LogP contribution in [0.2, 0.25) is 0 Å². The summed E-state index contributed by atoms with van der Waals surface area (Å²) in [5.41, 5.74) is 6.10. The van der Waals surface area contributed by atoms with Crippen molar-refractivity contribution < 1.29 is 24.5 Å². The lowest BCUT2D eigenvalue weighted by molar-refractivity contribution is 0.0991. The highest BCUT2D eigenvalue weighted by Crippen LogP contribution is 2.35. The maximum absolute atomic E-state index is 12.3. The highest BCUT2D eigenvalue weighted by atomic mass is 16.5. The zero-order chi connectivity index (χ0) is 15.9. The summed E-state index contributed by atoms with van der Waals surface area (Å²) in [6.45, 7) is 0. The molecule has 0 unspecified atom stereocenters. The van der Waals surface area contributed by atoms with E-state index in [0.717, 1.165) is 0 Å². The highest BCUT2D eigenvalue weighted by Gasteiger charge is 2.30. The Morgan fingerprint density at radius 3 is 2.59 bits per heavy atom. The van der Waals surface area contributed by atoms with Gasteiger partial charge in [-0.15, -0.1) is 0 Å². The van der Waals surface area contributed by atoms with Crippen LogP contribution in [0, 0.1) is 0 Å². The third-order valence-electron chi connectivity index (χ3n) is 3.26. The molecule has 0 aromatic heterocycles. The summed E-state index contributed by atoms with van der Waals surface area (Å²) in [6.07, 6.45) is 1.41. The summed E-state index contributed by atoms with van der Waals surface area (Å²) in [4.78, 5) is 23.6. The predicted molar refractivity (Wildman–Crippen MR) is 77.7 cm³/mol. The van der Waals surface area contributed by atoms with E-state index in [1.165, 1.54) is 30.3 Å². The largest absolute Gasteiger partial charge is 0.504 e. The monoisotopic (exact) mass is 297 g/mol. The van der Waals surface area contributed by atoms with Crippen LogP contribution in [0.3, 0.4) is 0 Å². The van der Waals surface area contributed by atoms with E-state index in [9.17, 15) is 19.8 Å². The molecule has 0 aliphatic carbocycles. The molecule has 4 N–H and O–H groups in total. The Morgan fingerprint density at radius 1 is 1.14 bits per heavy atom. The molecule has 1 heterocycles. The van der Waals surface area contributed by atoms with Crippen molar-refractivity contribution in [2.24, 2.45) is 5.73 Å². The van der Waals surface area contributed by atoms with Crippen LogP contribution in [0.4, 0.5) is 0 Å². The number of Topliss-reactive ketones (excluding diaryl/α,β-unsaturated/α-hetero) is 1. The Bertz CT molecular complexity index is 838. The highest BCUT2D eigenvalue weighted by molar-refractivity contribution is 6.16. The molecule has 22 heavy (non-hydrogen) atoms. The maximum Gasteiger partial charge on any atom is 0.252 e. The smallest absolute Gasteiger partial charge is 0.252 e. The number of aromatic hydroxyl groups is 2. The van der Waals surface area contributed by atoms with E-state index in [-0.39, 0.29) is 39.9 Å². The van der Waals surface area contributed by atoms with Crippen LogP contribution in [0.15, 0.2) is 42.2 Å². The average molecular weight is 297 g/mol. The second-order valence-corrected chi connectivity index (χ2v) is 4.73. The summed E-state index contributed by atoms with van der Waals surface area (Å²) in [5.74, 6) is -1.50. The molecule has 0 bridgehead atoms. The number of para-hydroxylation sites is 1. The molecule has 0 radical (unpaired) electrons. The molecular formula is C16H11NO5. The number of primary amides is 1. The van der Waals surface area contributed by atoms with Gasteiger partial charge in [0.2, 0.25) is 5.78 Å². The van der Waals surface area contributed by atoms with E-state index >= 15 is 0 Å². The van der Waals surface area contributed by atoms with Crippen LogP contribution in [0.5, 0.6) is 17.2 Å². The molecule has 6 heteroatoms. The second kappa shape index (κ2) is 4.92. The fourth-order valence-corrected chi connectivity index (χ4v) is 2.19. The number of fused-ring (bicyclic) bond motifs is 1. The Balaban J connectivity index is 2.03. The van der Waals surface area contributed by atoms with E-state index in [1.807, 2.05) is 0 Å². The van der Waals surface area contributed by atoms with E-state index in [4.69, 9.17) is 10.5 Å². The van der Waals surface area contributed by atoms with Crippen molar-refractivity contribution in [1.29, 1.82) is 0 Å². The van der Waals surface area contributed by atoms with Crippen LogP contribution in [0.25, 0.3) is 6.08 Å². The number of ketones is 1. The van der Waals surface area contributed by atoms with E-state index in [1.54, 1.807) is 12.1 Å². The molecular weight excluding hydrogens is 286 g/mol. The Kier molecular flexibility index (Phi) is 3.06. The molecule has 0 saturated heterocycles. The first-order valence-electron chi connectivity index (χ1n) is 6.36. The Labute approximate surface area is 125 Å². The predicted octanol–water partition coefficient (Wildman–Crippen LogP) is 1.81. The van der Waals surface area contributed by atoms with Gasteiger partial charge in [-0.3, -0.25) is 9.59 Å². The molecule has 0 saturated carbocycles. The number of allylic oxidation sites excluding steroid dienone is 1. The van der Waals surface area contributed by atoms with Crippen LogP contribution < -0.4 is 10.5 Å². The second-order valence-electron chi connectivity index (χ2n) is 4.73. The van der Waals surface area contributed by atoms with Gasteiger partial charge in [0.05, 0.1) is 11.1 Å². The molecule has 3 rings (SSSR count). The molecule has 1 aliphatic heterocycles. The van der Waals surface area contributed by atoms with Crippen molar-refractivity contribution in [2.75, 3.05) is 0 Å². The molecule has 0 fully saturated rings. The van der Waals surface area contributed by atoms with Crippen molar-refractivity contribution >= 4 is 17.8 Å². The first-order valence-corrected chi connectivity index (χ1v) is 6.36. The number of phenols is 2. The van der Waals surface area contributed by atoms with Crippen molar-refractivity contribution in [2.45, 2.75) is 0 Å². The van der Waals surface area contributed by atoms with Gasteiger partial charge in [-0.05, 0) is 35.9 Å². The number of amides is 1. The third-order valence-corrected chi connectivity index (χ3v) is 3.26. The van der Waals surface area contributed by atoms with Gasteiger partial charge in [-0.2, -0.15) is 0 Å². The molecule has 110 valence electrons.